The number of carbonyl (C=O) groups is 1. The Bertz CT molecular complexity index is 633. The standard InChI is InChI=1S/C15H20N4O4S2/c16-13(9-20)14(21)17-5-7-18(8-6-17)15(24)25-10-11-1-3-12(4-2-11)19(22)23/h1-4,13,20H,5-10,16H2/t13-/m0/s1. The number of non-ortho nitro benzene ring substituents is 1. The van der Waals surface area contributed by atoms with Crippen molar-refractivity contribution in [3.05, 3.63) is 39.9 Å². The lowest BCUT2D eigenvalue weighted by Gasteiger charge is -2.36. The molecule has 8 nitrogen and oxygen atoms in total. The summed E-state index contributed by atoms with van der Waals surface area (Å²) in [6.07, 6.45) is 0. The number of thiocarbonyl (C=S) groups is 1. The lowest BCUT2D eigenvalue weighted by molar-refractivity contribution is -0.384. The summed E-state index contributed by atoms with van der Waals surface area (Å²) < 4.78 is 0.733. The molecule has 2 rings (SSSR count). The van der Waals surface area contributed by atoms with Crippen LogP contribution in [0.15, 0.2) is 24.3 Å². The van der Waals surface area contributed by atoms with Gasteiger partial charge in [-0.15, -0.1) is 0 Å². The highest BCUT2D eigenvalue weighted by atomic mass is 32.2. The zero-order valence-electron chi connectivity index (χ0n) is 13.5. The number of aliphatic hydroxyl groups is 1. The van der Waals surface area contributed by atoms with Crippen molar-refractivity contribution in [2.24, 2.45) is 5.73 Å². The Balaban J connectivity index is 1.79. The van der Waals surface area contributed by atoms with E-state index >= 15 is 0 Å². The number of rotatable bonds is 5. The molecule has 1 aliphatic heterocycles. The molecular weight excluding hydrogens is 364 g/mol. The molecule has 1 aromatic rings. The van der Waals surface area contributed by atoms with Crippen LogP contribution in [0.2, 0.25) is 0 Å². The molecule has 0 radical (unpaired) electrons. The van der Waals surface area contributed by atoms with Crippen molar-refractivity contribution in [1.82, 2.24) is 9.80 Å². The van der Waals surface area contributed by atoms with E-state index in [4.69, 9.17) is 23.1 Å². The van der Waals surface area contributed by atoms with Gasteiger partial charge in [-0.2, -0.15) is 0 Å². The van der Waals surface area contributed by atoms with Gasteiger partial charge in [0.15, 0.2) is 0 Å². The van der Waals surface area contributed by atoms with Crippen LogP contribution in [0, 0.1) is 10.1 Å². The predicted octanol–water partition coefficient (Wildman–Crippen LogP) is 0.577. The summed E-state index contributed by atoms with van der Waals surface area (Å²) in [5.74, 6) is 0.386. The molecule has 1 heterocycles. The van der Waals surface area contributed by atoms with E-state index in [1.807, 2.05) is 4.90 Å². The lowest BCUT2D eigenvalue weighted by Crippen LogP contribution is -2.54. The van der Waals surface area contributed by atoms with Gasteiger partial charge in [0, 0.05) is 44.1 Å². The molecule has 1 fully saturated rings. The Kier molecular flexibility index (Phi) is 7.12. The molecular formula is C15H20N4O4S2. The molecule has 0 saturated carbocycles. The zero-order valence-corrected chi connectivity index (χ0v) is 15.2. The number of benzene rings is 1. The second-order valence-electron chi connectivity index (χ2n) is 5.58. The zero-order chi connectivity index (χ0) is 18.4. The van der Waals surface area contributed by atoms with E-state index in [0.717, 1.165) is 9.88 Å². The second-order valence-corrected chi connectivity index (χ2v) is 7.19. The summed E-state index contributed by atoms with van der Waals surface area (Å²) in [5, 5.41) is 19.6. The Morgan fingerprint density at radius 3 is 2.36 bits per heavy atom. The minimum absolute atomic E-state index is 0.0678. The highest BCUT2D eigenvalue weighted by molar-refractivity contribution is 8.22. The van der Waals surface area contributed by atoms with Crippen molar-refractivity contribution in [3.8, 4) is 0 Å². The summed E-state index contributed by atoms with van der Waals surface area (Å²) in [6, 6.07) is 5.54. The van der Waals surface area contributed by atoms with Gasteiger partial charge in [0.2, 0.25) is 5.91 Å². The van der Waals surface area contributed by atoms with Crippen molar-refractivity contribution < 1.29 is 14.8 Å². The molecule has 25 heavy (non-hydrogen) atoms. The maximum absolute atomic E-state index is 11.9. The first-order valence-corrected chi connectivity index (χ1v) is 9.12. The predicted molar refractivity (Wildman–Crippen MR) is 100 cm³/mol. The summed E-state index contributed by atoms with van der Waals surface area (Å²) in [4.78, 5) is 25.8. The van der Waals surface area contributed by atoms with E-state index in [1.54, 1.807) is 17.0 Å². The van der Waals surface area contributed by atoms with Gasteiger partial charge in [0.05, 0.1) is 11.5 Å². The molecule has 0 spiro atoms. The molecule has 1 aliphatic rings. The number of aliphatic hydroxyl groups excluding tert-OH is 1. The van der Waals surface area contributed by atoms with Crippen LogP contribution in [-0.2, 0) is 10.5 Å². The van der Waals surface area contributed by atoms with Crippen molar-refractivity contribution in [2.45, 2.75) is 11.8 Å². The van der Waals surface area contributed by atoms with E-state index < -0.39 is 11.0 Å². The Morgan fingerprint density at radius 1 is 1.28 bits per heavy atom. The fraction of sp³-hybridized carbons (Fsp3) is 0.467. The minimum Gasteiger partial charge on any atom is -0.394 e. The molecule has 0 aliphatic carbocycles. The topological polar surface area (TPSA) is 113 Å². The molecule has 0 unspecified atom stereocenters. The quantitative estimate of drug-likeness (QED) is 0.431. The number of piperazine rings is 1. The molecule has 0 bridgehead atoms. The number of nitro groups is 1. The number of hydrogen-bond donors (Lipinski definition) is 2. The normalized spacial score (nSPS) is 15.8. The van der Waals surface area contributed by atoms with E-state index in [-0.39, 0.29) is 18.2 Å². The highest BCUT2D eigenvalue weighted by Gasteiger charge is 2.25. The fourth-order valence-corrected chi connectivity index (χ4v) is 3.58. The number of nitrogens with zero attached hydrogens (tertiary/aromatic N) is 3. The molecule has 136 valence electrons. The number of hydrogen-bond acceptors (Lipinski definition) is 7. The van der Waals surface area contributed by atoms with Gasteiger partial charge in [-0.25, -0.2) is 0 Å². The third kappa shape index (κ3) is 5.36. The molecule has 0 aromatic heterocycles. The van der Waals surface area contributed by atoms with Gasteiger partial charge in [-0.3, -0.25) is 14.9 Å². The van der Waals surface area contributed by atoms with Crippen LogP contribution >= 0.6 is 24.0 Å². The average Bonchev–Trinajstić information content (AvgIpc) is 2.65. The number of nitro benzene ring substituents is 1. The first kappa shape index (κ1) is 19.6. The van der Waals surface area contributed by atoms with Crippen LogP contribution in [-0.4, -0.2) is 68.9 Å². The summed E-state index contributed by atoms with van der Waals surface area (Å²) in [7, 11) is 0. The van der Waals surface area contributed by atoms with Crippen LogP contribution in [0.3, 0.4) is 0 Å². The van der Waals surface area contributed by atoms with Crippen LogP contribution in [0.4, 0.5) is 5.69 Å². The maximum atomic E-state index is 11.9. The van der Waals surface area contributed by atoms with Crippen molar-refractivity contribution >= 4 is 39.9 Å². The molecule has 1 atom stereocenters. The largest absolute Gasteiger partial charge is 0.394 e. The highest BCUT2D eigenvalue weighted by Crippen LogP contribution is 2.20. The Morgan fingerprint density at radius 2 is 1.84 bits per heavy atom. The number of amides is 1. The molecule has 10 heteroatoms. The smallest absolute Gasteiger partial charge is 0.269 e. The van der Waals surface area contributed by atoms with Crippen LogP contribution in [0.1, 0.15) is 5.56 Å². The lowest BCUT2D eigenvalue weighted by atomic mass is 10.2. The fourth-order valence-electron chi connectivity index (χ4n) is 2.37. The van der Waals surface area contributed by atoms with E-state index in [9.17, 15) is 14.9 Å². The van der Waals surface area contributed by atoms with Gasteiger partial charge in [0.1, 0.15) is 10.4 Å². The molecule has 1 amide bonds. The first-order chi connectivity index (χ1) is 11.9. The van der Waals surface area contributed by atoms with Gasteiger partial charge in [0.25, 0.3) is 5.69 Å². The van der Waals surface area contributed by atoms with Gasteiger partial charge in [-0.05, 0) is 5.56 Å². The average molecular weight is 384 g/mol. The SMILES string of the molecule is N[C@@H](CO)C(=O)N1CCN(C(=S)SCc2ccc([N+](=O)[O-])cc2)CC1. The van der Waals surface area contributed by atoms with Gasteiger partial charge >= 0.3 is 0 Å². The van der Waals surface area contributed by atoms with E-state index in [0.29, 0.717) is 31.9 Å². The van der Waals surface area contributed by atoms with E-state index in [1.165, 1.54) is 23.9 Å². The second kappa shape index (κ2) is 9.09. The summed E-state index contributed by atoms with van der Waals surface area (Å²) in [5.41, 5.74) is 6.58. The van der Waals surface area contributed by atoms with Crippen molar-refractivity contribution in [2.75, 3.05) is 32.8 Å². The summed E-state index contributed by atoms with van der Waals surface area (Å²) in [6.45, 7) is 1.92. The van der Waals surface area contributed by atoms with Crippen molar-refractivity contribution in [3.63, 3.8) is 0 Å². The monoisotopic (exact) mass is 384 g/mol. The van der Waals surface area contributed by atoms with Gasteiger partial charge < -0.3 is 20.6 Å². The van der Waals surface area contributed by atoms with Crippen LogP contribution < -0.4 is 5.73 Å². The Labute approximate surface area is 155 Å². The Hall–Kier alpha value is -1.75. The van der Waals surface area contributed by atoms with Crippen LogP contribution in [0.25, 0.3) is 0 Å². The molecule has 3 N–H and O–H groups in total. The number of carbonyl (C=O) groups excluding carboxylic acids is 1. The number of nitrogens with two attached hydrogens (primary N) is 1. The summed E-state index contributed by atoms with van der Waals surface area (Å²) >= 11 is 6.92. The van der Waals surface area contributed by atoms with Crippen LogP contribution in [0.5, 0.6) is 0 Å². The number of thioether (sulfide) groups is 1. The molecule has 1 aromatic carbocycles. The minimum atomic E-state index is -0.866. The molecule has 1 saturated heterocycles. The first-order valence-electron chi connectivity index (χ1n) is 7.72. The third-order valence-corrected chi connectivity index (χ3v) is 5.47. The van der Waals surface area contributed by atoms with Gasteiger partial charge in [-0.1, -0.05) is 36.1 Å². The van der Waals surface area contributed by atoms with E-state index in [2.05, 4.69) is 0 Å². The maximum Gasteiger partial charge on any atom is 0.269 e. The van der Waals surface area contributed by atoms with Crippen molar-refractivity contribution in [1.29, 1.82) is 0 Å². The third-order valence-electron chi connectivity index (χ3n) is 3.87.